The monoisotopic (exact) mass is 615 g/mol. The van der Waals surface area contributed by atoms with Crippen LogP contribution in [0.15, 0.2) is 71.6 Å². The van der Waals surface area contributed by atoms with Gasteiger partial charge < -0.3 is 10.2 Å². The lowest BCUT2D eigenvalue weighted by Gasteiger charge is -2.33. The molecule has 4 rings (SSSR count). The fourth-order valence-corrected chi connectivity index (χ4v) is 7.09. The topological polar surface area (TPSA) is 86.8 Å². The molecule has 0 spiro atoms. The summed E-state index contributed by atoms with van der Waals surface area (Å²) >= 11 is 12.6. The van der Waals surface area contributed by atoms with Crippen LogP contribution in [0.2, 0.25) is 10.0 Å². The molecule has 1 aliphatic carbocycles. The number of sulfonamides is 1. The Bertz CT molecular complexity index is 1510. The number of halogens is 2. The van der Waals surface area contributed by atoms with E-state index in [2.05, 4.69) is 5.32 Å². The molecule has 0 aliphatic heterocycles. The highest BCUT2D eigenvalue weighted by atomic mass is 35.5. The summed E-state index contributed by atoms with van der Waals surface area (Å²) in [6, 6.07) is 17.5. The zero-order valence-electron chi connectivity index (χ0n) is 23.4. The SMILES string of the molecule is Cc1ccc(N(CC(=O)N(Cc2ccc(Cl)cc2Cl)C(C)C(=O)NC2CCCC2)S(=O)(=O)c2ccccc2)c(C)c1. The van der Waals surface area contributed by atoms with Crippen molar-refractivity contribution in [1.29, 1.82) is 0 Å². The van der Waals surface area contributed by atoms with Gasteiger partial charge >= 0.3 is 0 Å². The Morgan fingerprint density at radius 1 is 0.976 bits per heavy atom. The predicted molar refractivity (Wildman–Crippen MR) is 164 cm³/mol. The number of amides is 2. The van der Waals surface area contributed by atoms with Gasteiger partial charge in [0, 0.05) is 22.6 Å². The number of anilines is 1. The van der Waals surface area contributed by atoms with Crippen LogP contribution in [0, 0.1) is 13.8 Å². The van der Waals surface area contributed by atoms with Gasteiger partial charge in [0.05, 0.1) is 10.6 Å². The van der Waals surface area contributed by atoms with Crippen molar-refractivity contribution in [1.82, 2.24) is 10.2 Å². The first-order valence-electron chi connectivity index (χ1n) is 13.7. The Hall–Kier alpha value is -3.07. The summed E-state index contributed by atoms with van der Waals surface area (Å²) in [4.78, 5) is 28.9. The smallest absolute Gasteiger partial charge is 0.264 e. The number of carbonyl (C=O) groups is 2. The summed E-state index contributed by atoms with van der Waals surface area (Å²) in [6.45, 7) is 4.87. The van der Waals surface area contributed by atoms with Crippen LogP contribution in [-0.2, 0) is 26.2 Å². The third-order valence-electron chi connectivity index (χ3n) is 7.46. The normalized spacial score (nSPS) is 14.5. The minimum absolute atomic E-state index is 0.000192. The van der Waals surface area contributed by atoms with Gasteiger partial charge in [-0.2, -0.15) is 0 Å². The summed E-state index contributed by atoms with van der Waals surface area (Å²) < 4.78 is 29.0. The lowest BCUT2D eigenvalue weighted by Crippen LogP contribution is -2.52. The first-order valence-corrected chi connectivity index (χ1v) is 15.9. The van der Waals surface area contributed by atoms with Crippen LogP contribution in [0.25, 0.3) is 0 Å². The summed E-state index contributed by atoms with van der Waals surface area (Å²) in [5, 5.41) is 3.85. The molecule has 1 unspecified atom stereocenters. The molecule has 1 fully saturated rings. The average Bonchev–Trinajstić information content (AvgIpc) is 3.44. The number of carbonyl (C=O) groups excluding carboxylic acids is 2. The number of benzene rings is 3. The third kappa shape index (κ3) is 7.42. The highest BCUT2D eigenvalue weighted by molar-refractivity contribution is 7.92. The number of nitrogens with one attached hydrogen (secondary N) is 1. The largest absolute Gasteiger partial charge is 0.352 e. The standard InChI is InChI=1S/C31H35Cl2N3O4S/c1-21-13-16-29(22(2)17-21)36(41(39,40)27-11-5-4-6-12-27)20-30(37)35(19-24-14-15-25(32)18-28(24)33)23(3)31(38)34-26-9-7-8-10-26/h4-6,11-18,23,26H,7-10,19-20H2,1-3H3,(H,34,38). The molecule has 0 aromatic heterocycles. The molecule has 0 saturated heterocycles. The van der Waals surface area contributed by atoms with Crippen molar-refractivity contribution >= 4 is 50.7 Å². The summed E-state index contributed by atoms with van der Waals surface area (Å²) in [6.07, 6.45) is 3.88. The van der Waals surface area contributed by atoms with Crippen LogP contribution < -0.4 is 9.62 Å². The zero-order valence-corrected chi connectivity index (χ0v) is 25.8. The van der Waals surface area contributed by atoms with Crippen molar-refractivity contribution in [3.8, 4) is 0 Å². The van der Waals surface area contributed by atoms with Gasteiger partial charge in [-0.3, -0.25) is 13.9 Å². The summed E-state index contributed by atoms with van der Waals surface area (Å²) in [7, 11) is -4.13. The van der Waals surface area contributed by atoms with Crippen molar-refractivity contribution in [2.75, 3.05) is 10.8 Å². The molecule has 7 nitrogen and oxygen atoms in total. The number of hydrogen-bond donors (Lipinski definition) is 1. The maximum Gasteiger partial charge on any atom is 0.264 e. The Kier molecular flexibility index (Phi) is 10.00. The predicted octanol–water partition coefficient (Wildman–Crippen LogP) is 6.28. The quantitative estimate of drug-likeness (QED) is 0.291. The van der Waals surface area contributed by atoms with Gasteiger partial charge in [0.25, 0.3) is 10.0 Å². The number of aryl methyl sites for hydroxylation is 2. The van der Waals surface area contributed by atoms with E-state index < -0.39 is 28.5 Å². The molecule has 218 valence electrons. The van der Waals surface area contributed by atoms with E-state index in [0.29, 0.717) is 26.9 Å². The van der Waals surface area contributed by atoms with Crippen LogP contribution in [0.3, 0.4) is 0 Å². The second-order valence-corrected chi connectivity index (χ2v) is 13.2. The van der Waals surface area contributed by atoms with Crippen LogP contribution in [0.5, 0.6) is 0 Å². The van der Waals surface area contributed by atoms with E-state index in [1.165, 1.54) is 17.0 Å². The van der Waals surface area contributed by atoms with Gasteiger partial charge in [0.15, 0.2) is 0 Å². The Labute approximate surface area is 252 Å². The maximum absolute atomic E-state index is 14.1. The van der Waals surface area contributed by atoms with Crippen LogP contribution in [0.4, 0.5) is 5.69 Å². The molecule has 10 heteroatoms. The zero-order chi connectivity index (χ0) is 29.7. The minimum Gasteiger partial charge on any atom is -0.352 e. The van der Waals surface area contributed by atoms with Gasteiger partial charge in [-0.25, -0.2) is 8.42 Å². The van der Waals surface area contributed by atoms with E-state index in [9.17, 15) is 18.0 Å². The first kappa shape index (κ1) is 30.9. The maximum atomic E-state index is 14.1. The molecule has 1 saturated carbocycles. The Morgan fingerprint density at radius 2 is 1.66 bits per heavy atom. The fourth-order valence-electron chi connectivity index (χ4n) is 5.13. The van der Waals surface area contributed by atoms with Crippen LogP contribution in [0.1, 0.15) is 49.3 Å². The highest BCUT2D eigenvalue weighted by Crippen LogP contribution is 2.29. The van der Waals surface area contributed by atoms with E-state index in [1.807, 2.05) is 26.0 Å². The first-order chi connectivity index (χ1) is 19.5. The molecule has 0 radical (unpaired) electrons. The van der Waals surface area contributed by atoms with Crippen molar-refractivity contribution in [3.05, 3.63) is 93.5 Å². The third-order valence-corrected chi connectivity index (χ3v) is 9.82. The van der Waals surface area contributed by atoms with Gasteiger partial charge in [0.2, 0.25) is 11.8 Å². The molecule has 0 bridgehead atoms. The van der Waals surface area contributed by atoms with Crippen molar-refractivity contribution in [2.45, 2.75) is 70.0 Å². The molecule has 1 atom stereocenters. The highest BCUT2D eigenvalue weighted by Gasteiger charge is 2.34. The number of nitrogens with zero attached hydrogens (tertiary/aromatic N) is 2. The molecule has 3 aromatic carbocycles. The average molecular weight is 617 g/mol. The molecule has 0 heterocycles. The van der Waals surface area contributed by atoms with Gasteiger partial charge in [-0.1, -0.05) is 78.0 Å². The Morgan fingerprint density at radius 3 is 2.29 bits per heavy atom. The van der Waals surface area contributed by atoms with E-state index in [0.717, 1.165) is 35.6 Å². The molecule has 1 N–H and O–H groups in total. The second kappa shape index (κ2) is 13.3. The molecule has 3 aromatic rings. The Balaban J connectivity index is 1.72. The lowest BCUT2D eigenvalue weighted by atomic mass is 10.1. The summed E-state index contributed by atoms with van der Waals surface area (Å²) in [5.74, 6) is -0.830. The molecular formula is C31H35Cl2N3O4S. The molecule has 1 aliphatic rings. The van der Waals surface area contributed by atoms with Crippen molar-refractivity contribution < 1.29 is 18.0 Å². The fraction of sp³-hybridized carbons (Fsp3) is 0.355. The van der Waals surface area contributed by atoms with Crippen LogP contribution >= 0.6 is 23.2 Å². The van der Waals surface area contributed by atoms with Gasteiger partial charge in [-0.05, 0) is 75.1 Å². The van der Waals surface area contributed by atoms with E-state index >= 15 is 0 Å². The van der Waals surface area contributed by atoms with E-state index in [-0.39, 0.29) is 23.4 Å². The van der Waals surface area contributed by atoms with Gasteiger partial charge in [0.1, 0.15) is 12.6 Å². The minimum atomic E-state index is -4.13. The molecule has 2 amide bonds. The number of rotatable bonds is 10. The molecular weight excluding hydrogens is 581 g/mol. The second-order valence-electron chi connectivity index (χ2n) is 10.5. The number of hydrogen-bond acceptors (Lipinski definition) is 4. The van der Waals surface area contributed by atoms with Gasteiger partial charge in [-0.15, -0.1) is 0 Å². The van der Waals surface area contributed by atoms with Crippen molar-refractivity contribution in [3.63, 3.8) is 0 Å². The summed E-state index contributed by atoms with van der Waals surface area (Å²) in [5.41, 5.74) is 2.65. The molecule has 41 heavy (non-hydrogen) atoms. The van der Waals surface area contributed by atoms with E-state index in [4.69, 9.17) is 23.2 Å². The van der Waals surface area contributed by atoms with Crippen molar-refractivity contribution in [2.24, 2.45) is 0 Å². The lowest BCUT2D eigenvalue weighted by molar-refractivity contribution is -0.139. The van der Waals surface area contributed by atoms with Crippen LogP contribution in [-0.4, -0.2) is 43.8 Å². The van der Waals surface area contributed by atoms with E-state index in [1.54, 1.807) is 49.4 Å².